The van der Waals surface area contributed by atoms with Crippen molar-refractivity contribution < 1.29 is 19.4 Å². The van der Waals surface area contributed by atoms with Gasteiger partial charge in [0.25, 0.3) is 5.91 Å². The second kappa shape index (κ2) is 7.84. The summed E-state index contributed by atoms with van der Waals surface area (Å²) in [6.07, 6.45) is 3.20. The van der Waals surface area contributed by atoms with Crippen LogP contribution in [0.25, 0.3) is 0 Å². The normalized spacial score (nSPS) is 23.5. The molecule has 2 aliphatic heterocycles. The first-order valence-electron chi connectivity index (χ1n) is 8.99. The van der Waals surface area contributed by atoms with Crippen LogP contribution in [0.2, 0.25) is 5.02 Å². The molecule has 2 aliphatic rings. The second-order valence-electron chi connectivity index (χ2n) is 7.30. The number of aromatic hydroxyl groups is 1. The Morgan fingerprint density at radius 1 is 1.35 bits per heavy atom. The molecule has 0 aromatic heterocycles. The molecule has 2 amide bonds. The number of rotatable bonds is 4. The zero-order valence-electron chi connectivity index (χ0n) is 15.0. The minimum Gasteiger partial charge on any atom is -0.507 e. The van der Waals surface area contributed by atoms with Crippen LogP contribution in [0.5, 0.6) is 5.75 Å². The first-order chi connectivity index (χ1) is 12.4. The first kappa shape index (κ1) is 19.0. The number of phenols is 1. The fraction of sp³-hybridized carbons (Fsp3) is 0.579. The Morgan fingerprint density at radius 3 is 2.88 bits per heavy atom. The number of likely N-dealkylation sites (tertiary alicyclic amines) is 2. The second-order valence-corrected chi connectivity index (χ2v) is 7.74. The van der Waals surface area contributed by atoms with E-state index < -0.39 is 0 Å². The number of hydrogen-bond acceptors (Lipinski definition) is 4. The number of carbonyl (C=O) groups excluding carboxylic acids is 2. The molecule has 0 aliphatic carbocycles. The summed E-state index contributed by atoms with van der Waals surface area (Å²) in [5, 5.41) is 10.5. The molecule has 1 spiro atoms. The van der Waals surface area contributed by atoms with Gasteiger partial charge < -0.3 is 19.6 Å². The summed E-state index contributed by atoms with van der Waals surface area (Å²) in [4.78, 5) is 28.7. The lowest BCUT2D eigenvalue weighted by atomic mass is 9.73. The van der Waals surface area contributed by atoms with E-state index in [9.17, 15) is 14.7 Å². The molecule has 142 valence electrons. The highest BCUT2D eigenvalue weighted by molar-refractivity contribution is 6.30. The Morgan fingerprint density at radius 2 is 2.15 bits per heavy atom. The average Bonchev–Trinajstić information content (AvgIpc) is 2.62. The maximum absolute atomic E-state index is 12.9. The fourth-order valence-corrected chi connectivity index (χ4v) is 4.24. The molecule has 1 atom stereocenters. The summed E-state index contributed by atoms with van der Waals surface area (Å²) in [5.74, 6) is -0.118. The van der Waals surface area contributed by atoms with Crippen LogP contribution in [0.1, 0.15) is 36.0 Å². The van der Waals surface area contributed by atoms with Gasteiger partial charge in [0.15, 0.2) is 0 Å². The molecule has 1 unspecified atom stereocenters. The Hall–Kier alpha value is -1.79. The largest absolute Gasteiger partial charge is 0.507 e. The summed E-state index contributed by atoms with van der Waals surface area (Å²) < 4.78 is 5.11. The van der Waals surface area contributed by atoms with Crippen molar-refractivity contribution in [2.45, 2.75) is 25.7 Å². The highest BCUT2D eigenvalue weighted by Crippen LogP contribution is 2.39. The van der Waals surface area contributed by atoms with Crippen LogP contribution in [0, 0.1) is 5.41 Å². The van der Waals surface area contributed by atoms with Crippen LogP contribution in [0.3, 0.4) is 0 Å². The molecule has 26 heavy (non-hydrogen) atoms. The maximum Gasteiger partial charge on any atom is 0.257 e. The zero-order valence-corrected chi connectivity index (χ0v) is 15.8. The lowest BCUT2D eigenvalue weighted by molar-refractivity contribution is -0.139. The van der Waals surface area contributed by atoms with Crippen LogP contribution in [-0.4, -0.2) is 66.6 Å². The molecule has 0 bridgehead atoms. The number of hydrogen-bond donors (Lipinski definition) is 1. The summed E-state index contributed by atoms with van der Waals surface area (Å²) in [7, 11) is 1.63. The molecular weight excluding hydrogens is 356 g/mol. The lowest BCUT2D eigenvalue weighted by Gasteiger charge is -2.48. The Bertz CT molecular complexity index is 696. The van der Waals surface area contributed by atoms with Gasteiger partial charge in [0.1, 0.15) is 5.75 Å². The molecule has 1 aromatic rings. The Labute approximate surface area is 158 Å². The van der Waals surface area contributed by atoms with Crippen LogP contribution in [-0.2, 0) is 9.53 Å². The lowest BCUT2D eigenvalue weighted by Crippen LogP contribution is -2.55. The number of phenolic OH excluding ortho intramolecular Hbond substituents is 1. The highest BCUT2D eigenvalue weighted by Gasteiger charge is 2.42. The van der Waals surface area contributed by atoms with E-state index in [-0.39, 0.29) is 28.5 Å². The van der Waals surface area contributed by atoms with Crippen molar-refractivity contribution >= 4 is 23.4 Å². The third kappa shape index (κ3) is 3.96. The minimum absolute atomic E-state index is 0.0718. The monoisotopic (exact) mass is 380 g/mol. The van der Waals surface area contributed by atoms with E-state index in [1.54, 1.807) is 24.1 Å². The van der Waals surface area contributed by atoms with E-state index in [2.05, 4.69) is 0 Å². The van der Waals surface area contributed by atoms with Gasteiger partial charge in [-0.15, -0.1) is 0 Å². The van der Waals surface area contributed by atoms with Gasteiger partial charge in [-0.3, -0.25) is 9.59 Å². The molecule has 2 saturated heterocycles. The quantitative estimate of drug-likeness (QED) is 0.871. The molecule has 1 N–H and O–H groups in total. The smallest absolute Gasteiger partial charge is 0.257 e. The van der Waals surface area contributed by atoms with Gasteiger partial charge in [0, 0.05) is 50.1 Å². The molecule has 1 aromatic carbocycles. The summed E-state index contributed by atoms with van der Waals surface area (Å²) in [5.41, 5.74) is 0.201. The molecule has 0 saturated carbocycles. The maximum atomic E-state index is 12.9. The van der Waals surface area contributed by atoms with E-state index >= 15 is 0 Å². The van der Waals surface area contributed by atoms with Crippen molar-refractivity contribution in [3.8, 4) is 5.75 Å². The number of amides is 2. The van der Waals surface area contributed by atoms with Gasteiger partial charge in [-0.05, 0) is 37.5 Å². The number of benzene rings is 1. The van der Waals surface area contributed by atoms with Crippen LogP contribution < -0.4 is 0 Å². The van der Waals surface area contributed by atoms with E-state index in [1.165, 1.54) is 6.07 Å². The summed E-state index contributed by atoms with van der Waals surface area (Å²) in [6, 6.07) is 4.57. The first-order valence-corrected chi connectivity index (χ1v) is 9.36. The van der Waals surface area contributed by atoms with Crippen LogP contribution >= 0.6 is 11.6 Å². The fourth-order valence-electron chi connectivity index (χ4n) is 4.08. The standard InChI is InChI=1S/C19H25ClN2O4/c1-26-10-9-21-12-19(7-5-17(21)24)6-2-8-22(13-19)18(25)15-4-3-14(20)11-16(15)23/h3-4,11,23H,2,5-10,12-13H2,1H3. The molecule has 3 rings (SSSR count). The predicted molar refractivity (Wildman–Crippen MR) is 98.4 cm³/mol. The molecule has 2 heterocycles. The van der Waals surface area contributed by atoms with E-state index in [0.29, 0.717) is 44.2 Å². The van der Waals surface area contributed by atoms with Crippen molar-refractivity contribution in [2.75, 3.05) is 39.9 Å². The summed E-state index contributed by atoms with van der Waals surface area (Å²) in [6.45, 7) is 3.02. The molecule has 0 radical (unpaired) electrons. The molecule has 7 heteroatoms. The van der Waals surface area contributed by atoms with Crippen molar-refractivity contribution in [3.63, 3.8) is 0 Å². The number of methoxy groups -OCH3 is 1. The number of nitrogens with zero attached hydrogens (tertiary/aromatic N) is 2. The summed E-state index contributed by atoms with van der Waals surface area (Å²) >= 11 is 5.86. The number of carbonyl (C=O) groups is 2. The van der Waals surface area contributed by atoms with Gasteiger partial charge in [0.05, 0.1) is 12.2 Å². The SMILES string of the molecule is COCCN1CC2(CCCN(C(=O)c3ccc(Cl)cc3O)C2)CCC1=O. The van der Waals surface area contributed by atoms with Crippen molar-refractivity contribution in [3.05, 3.63) is 28.8 Å². The number of halogens is 1. The van der Waals surface area contributed by atoms with Gasteiger partial charge in [0.2, 0.25) is 5.91 Å². The Kier molecular flexibility index (Phi) is 5.73. The number of piperidine rings is 2. The minimum atomic E-state index is -0.182. The van der Waals surface area contributed by atoms with Crippen molar-refractivity contribution in [2.24, 2.45) is 5.41 Å². The van der Waals surface area contributed by atoms with E-state index in [4.69, 9.17) is 16.3 Å². The van der Waals surface area contributed by atoms with Crippen LogP contribution in [0.15, 0.2) is 18.2 Å². The third-order valence-corrected chi connectivity index (χ3v) is 5.69. The average molecular weight is 381 g/mol. The Balaban J connectivity index is 1.74. The van der Waals surface area contributed by atoms with E-state index in [0.717, 1.165) is 19.3 Å². The number of ether oxygens (including phenoxy) is 1. The van der Waals surface area contributed by atoms with E-state index in [1.807, 2.05) is 4.90 Å². The van der Waals surface area contributed by atoms with Gasteiger partial charge in [-0.1, -0.05) is 11.6 Å². The zero-order chi connectivity index (χ0) is 18.7. The third-order valence-electron chi connectivity index (χ3n) is 5.45. The van der Waals surface area contributed by atoms with Crippen molar-refractivity contribution in [1.82, 2.24) is 9.80 Å². The highest BCUT2D eigenvalue weighted by atomic mass is 35.5. The van der Waals surface area contributed by atoms with Gasteiger partial charge in [-0.2, -0.15) is 0 Å². The topological polar surface area (TPSA) is 70.1 Å². The van der Waals surface area contributed by atoms with Crippen molar-refractivity contribution in [1.29, 1.82) is 0 Å². The predicted octanol–water partition coefficient (Wildman–Crippen LogP) is 2.54. The molecular formula is C19H25ClN2O4. The van der Waals surface area contributed by atoms with Crippen LogP contribution in [0.4, 0.5) is 0 Å². The van der Waals surface area contributed by atoms with Gasteiger partial charge in [-0.25, -0.2) is 0 Å². The molecule has 6 nitrogen and oxygen atoms in total. The van der Waals surface area contributed by atoms with Gasteiger partial charge >= 0.3 is 0 Å². The molecule has 2 fully saturated rings.